The number of aliphatic hydroxyl groups is 1. The second-order valence-corrected chi connectivity index (χ2v) is 7.84. The molecule has 0 bridgehead atoms. The van der Waals surface area contributed by atoms with Crippen LogP contribution in [-0.4, -0.2) is 46.8 Å². The van der Waals surface area contributed by atoms with Gasteiger partial charge in [-0.05, 0) is 55.6 Å². The number of nitrogens with zero attached hydrogens (tertiary/aromatic N) is 1. The van der Waals surface area contributed by atoms with Crippen LogP contribution in [0, 0.1) is 11.8 Å². The highest BCUT2D eigenvalue weighted by Crippen LogP contribution is 2.55. The van der Waals surface area contributed by atoms with Crippen LogP contribution in [0.2, 0.25) is 0 Å². The number of nitrogens with one attached hydrogen (secondary N) is 1. The fourth-order valence-electron chi connectivity index (χ4n) is 4.92. The highest BCUT2D eigenvalue weighted by molar-refractivity contribution is 5.83. The predicted molar refractivity (Wildman–Crippen MR) is 102 cm³/mol. The van der Waals surface area contributed by atoms with Crippen molar-refractivity contribution in [1.29, 1.82) is 0 Å². The highest BCUT2D eigenvalue weighted by Gasteiger charge is 2.60. The van der Waals surface area contributed by atoms with Gasteiger partial charge >= 0.3 is 5.97 Å². The zero-order chi connectivity index (χ0) is 20.5. The van der Waals surface area contributed by atoms with E-state index in [9.17, 15) is 19.6 Å². The number of benzene rings is 1. The second-order valence-electron chi connectivity index (χ2n) is 7.84. The summed E-state index contributed by atoms with van der Waals surface area (Å²) in [6, 6.07) is 3.09. The number of carbonyl (C=O) groups excluding carboxylic acids is 1. The number of carboxylic acid groups (broad SMARTS) is 1. The minimum Gasteiger partial charge on any atom is -0.491 e. The quantitative estimate of drug-likeness (QED) is 0.637. The number of rotatable bonds is 6. The fraction of sp³-hybridized carbons (Fsp3) is 0.600. The molecule has 1 aliphatic carbocycles. The van der Waals surface area contributed by atoms with Gasteiger partial charge in [0, 0.05) is 24.3 Å². The summed E-state index contributed by atoms with van der Waals surface area (Å²) in [6.07, 6.45) is 1.01. The Kier molecular flexibility index (Phi) is 5.54. The zero-order valence-electron chi connectivity index (χ0n) is 16.2. The molecule has 3 atom stereocenters. The van der Waals surface area contributed by atoms with Gasteiger partial charge in [0.2, 0.25) is 0 Å². The molecule has 1 heterocycles. The molecule has 152 valence electrons. The summed E-state index contributed by atoms with van der Waals surface area (Å²) in [5, 5.41) is 27.0. The molecular weight excluding hydrogens is 364 g/mol. The van der Waals surface area contributed by atoms with Crippen molar-refractivity contribution in [2.45, 2.75) is 63.0 Å². The lowest BCUT2D eigenvalue weighted by molar-refractivity contribution is -0.144. The van der Waals surface area contributed by atoms with Gasteiger partial charge in [-0.2, -0.15) is 0 Å². The molecule has 2 aliphatic rings. The first-order chi connectivity index (χ1) is 13.2. The number of aryl methyl sites for hydroxylation is 1. The van der Waals surface area contributed by atoms with Crippen LogP contribution < -0.4 is 10.1 Å². The van der Waals surface area contributed by atoms with Gasteiger partial charge in [-0.1, -0.05) is 6.07 Å². The summed E-state index contributed by atoms with van der Waals surface area (Å²) in [5.41, 5.74) is -0.801. The first kappa shape index (κ1) is 20.4. The van der Waals surface area contributed by atoms with Gasteiger partial charge in [-0.3, -0.25) is 9.59 Å². The highest BCUT2D eigenvalue weighted by atomic mass is 16.5. The lowest BCUT2D eigenvalue weighted by atomic mass is 9.53. The number of fused-ring (bicyclic) bond motifs is 1. The number of carboxylic acids is 1. The lowest BCUT2D eigenvalue weighted by Crippen LogP contribution is -2.69. The molecule has 3 rings (SSSR count). The summed E-state index contributed by atoms with van der Waals surface area (Å²) in [5.74, 6) is -0.782. The molecule has 1 saturated heterocycles. The molecule has 1 aromatic carbocycles. The number of carbonyl (C=O) groups is 2. The second kappa shape index (κ2) is 7.60. The average Bonchev–Trinajstić information content (AvgIpc) is 2.64. The van der Waals surface area contributed by atoms with Crippen molar-refractivity contribution in [1.82, 2.24) is 5.32 Å². The molecule has 3 N–H and O–H groups in total. The van der Waals surface area contributed by atoms with Crippen LogP contribution in [0.4, 0.5) is 5.69 Å². The van der Waals surface area contributed by atoms with E-state index in [1.54, 1.807) is 12.1 Å². The van der Waals surface area contributed by atoms with Crippen molar-refractivity contribution < 1.29 is 24.5 Å². The lowest BCUT2D eigenvalue weighted by Gasteiger charge is -2.57. The SMILES string of the molecule is Cc1ccc(OCCC(=O)O)c(N=O)c1C12CCNC(C)C1(O)CCC(=O)C2. The standard InChI is InChI=1S/C20H26N2O6/c1-12-3-4-15(28-10-6-16(24)25)18(22-27)17(12)19-8-9-21-13(2)20(19,26)7-5-14(23)11-19/h3-4,13,21,26H,5-11H2,1-2H3,(H,24,25). The number of Topliss-reactive ketones (excluding diaryl/α,β-unsaturated/α-hetero) is 1. The van der Waals surface area contributed by atoms with E-state index in [-0.39, 0.29) is 42.7 Å². The molecule has 0 amide bonds. The maximum Gasteiger partial charge on any atom is 0.306 e. The van der Waals surface area contributed by atoms with E-state index in [1.165, 1.54) is 0 Å². The van der Waals surface area contributed by atoms with Gasteiger partial charge in [-0.25, -0.2) is 0 Å². The minimum atomic E-state index is -1.21. The third kappa shape index (κ3) is 3.20. The zero-order valence-corrected chi connectivity index (χ0v) is 16.2. The van der Waals surface area contributed by atoms with Gasteiger partial charge in [0.05, 0.1) is 18.6 Å². The largest absolute Gasteiger partial charge is 0.491 e. The Morgan fingerprint density at radius 3 is 2.82 bits per heavy atom. The Balaban J connectivity index is 2.15. The molecule has 0 aromatic heterocycles. The normalized spacial score (nSPS) is 29.8. The van der Waals surface area contributed by atoms with Crippen molar-refractivity contribution in [3.05, 3.63) is 28.2 Å². The Morgan fingerprint density at radius 1 is 1.39 bits per heavy atom. The third-order valence-corrected chi connectivity index (χ3v) is 6.32. The molecule has 3 unspecified atom stereocenters. The van der Waals surface area contributed by atoms with Crippen molar-refractivity contribution in [3.63, 3.8) is 0 Å². The Labute approximate surface area is 163 Å². The van der Waals surface area contributed by atoms with Crippen LogP contribution in [0.3, 0.4) is 0 Å². The van der Waals surface area contributed by atoms with Crippen LogP contribution in [-0.2, 0) is 15.0 Å². The van der Waals surface area contributed by atoms with Crippen molar-refractivity contribution >= 4 is 17.4 Å². The van der Waals surface area contributed by atoms with E-state index in [1.807, 2.05) is 13.8 Å². The van der Waals surface area contributed by atoms with Crippen LogP contribution in [0.15, 0.2) is 17.3 Å². The first-order valence-corrected chi connectivity index (χ1v) is 9.54. The topological polar surface area (TPSA) is 125 Å². The fourth-order valence-corrected chi connectivity index (χ4v) is 4.92. The van der Waals surface area contributed by atoms with Gasteiger partial charge in [0.15, 0.2) is 5.69 Å². The van der Waals surface area contributed by atoms with Crippen LogP contribution in [0.5, 0.6) is 5.75 Å². The smallest absolute Gasteiger partial charge is 0.306 e. The van der Waals surface area contributed by atoms with Crippen LogP contribution in [0.1, 0.15) is 50.2 Å². The number of hydrogen-bond donors (Lipinski definition) is 3. The number of ether oxygens (including phenoxy) is 1. The minimum absolute atomic E-state index is 0.0484. The summed E-state index contributed by atoms with van der Waals surface area (Å²) < 4.78 is 5.53. The van der Waals surface area contributed by atoms with Gasteiger partial charge in [-0.15, -0.1) is 4.91 Å². The number of ketones is 1. The average molecular weight is 390 g/mol. The summed E-state index contributed by atoms with van der Waals surface area (Å²) >= 11 is 0. The Hall–Kier alpha value is -2.32. The first-order valence-electron chi connectivity index (χ1n) is 9.54. The molecular formula is C20H26N2O6. The molecule has 1 aliphatic heterocycles. The van der Waals surface area contributed by atoms with E-state index in [4.69, 9.17) is 9.84 Å². The van der Waals surface area contributed by atoms with Gasteiger partial charge in [0.25, 0.3) is 0 Å². The summed E-state index contributed by atoms with van der Waals surface area (Å²) in [7, 11) is 0. The van der Waals surface area contributed by atoms with Crippen molar-refractivity contribution in [2.24, 2.45) is 5.18 Å². The third-order valence-electron chi connectivity index (χ3n) is 6.32. The maximum absolute atomic E-state index is 12.5. The number of nitroso groups, excluding NO2 is 1. The Bertz CT molecular complexity index is 810. The maximum atomic E-state index is 12.5. The van der Waals surface area contributed by atoms with Gasteiger partial charge in [0.1, 0.15) is 11.5 Å². The van der Waals surface area contributed by atoms with Gasteiger partial charge < -0.3 is 20.3 Å². The van der Waals surface area contributed by atoms with E-state index in [0.29, 0.717) is 31.4 Å². The predicted octanol–water partition coefficient (Wildman–Crippen LogP) is 2.35. The van der Waals surface area contributed by atoms with Crippen LogP contribution >= 0.6 is 0 Å². The van der Waals surface area contributed by atoms with Crippen molar-refractivity contribution in [3.8, 4) is 5.75 Å². The van der Waals surface area contributed by atoms with Crippen molar-refractivity contribution in [2.75, 3.05) is 13.2 Å². The number of piperidine rings is 1. The molecule has 0 spiro atoms. The molecule has 8 heteroatoms. The monoisotopic (exact) mass is 390 g/mol. The molecule has 1 saturated carbocycles. The summed E-state index contributed by atoms with van der Waals surface area (Å²) in [4.78, 5) is 35.1. The number of aliphatic carboxylic acids is 1. The van der Waals surface area contributed by atoms with E-state index >= 15 is 0 Å². The molecule has 2 fully saturated rings. The molecule has 28 heavy (non-hydrogen) atoms. The summed E-state index contributed by atoms with van der Waals surface area (Å²) in [6.45, 7) is 4.21. The van der Waals surface area contributed by atoms with E-state index < -0.39 is 17.0 Å². The molecule has 0 radical (unpaired) electrons. The van der Waals surface area contributed by atoms with E-state index in [2.05, 4.69) is 10.5 Å². The molecule has 1 aromatic rings. The number of hydrogen-bond acceptors (Lipinski definition) is 7. The van der Waals surface area contributed by atoms with Crippen LogP contribution in [0.25, 0.3) is 0 Å². The van der Waals surface area contributed by atoms with E-state index in [0.717, 1.165) is 5.56 Å². The Morgan fingerprint density at radius 2 is 2.14 bits per heavy atom. The molecule has 8 nitrogen and oxygen atoms in total.